The lowest BCUT2D eigenvalue weighted by Gasteiger charge is -2.34. The van der Waals surface area contributed by atoms with E-state index in [2.05, 4.69) is 45.2 Å². The molecule has 3 heterocycles. The number of rotatable bonds is 12. The van der Waals surface area contributed by atoms with Gasteiger partial charge in [0.05, 0.1) is 29.7 Å². The predicted octanol–water partition coefficient (Wildman–Crippen LogP) is 3.53. The minimum absolute atomic E-state index is 0.111. The molecule has 0 aliphatic carbocycles. The Morgan fingerprint density at radius 1 is 1.07 bits per heavy atom. The molecular weight excluding hydrogens is 618 g/mol. The summed E-state index contributed by atoms with van der Waals surface area (Å²) in [5.41, 5.74) is -4.30. The summed E-state index contributed by atoms with van der Waals surface area (Å²) >= 11 is 0. The van der Waals surface area contributed by atoms with Crippen molar-refractivity contribution in [3.05, 3.63) is 40.1 Å². The number of carbonyl (C=O) groups is 1. The fourth-order valence-electron chi connectivity index (χ4n) is 3.88. The van der Waals surface area contributed by atoms with Crippen molar-refractivity contribution in [1.29, 1.82) is 0 Å². The molecule has 0 radical (unpaired) electrons. The monoisotopic (exact) mass is 652 g/mol. The van der Waals surface area contributed by atoms with Gasteiger partial charge in [-0.2, -0.15) is 31.4 Å². The van der Waals surface area contributed by atoms with E-state index in [4.69, 9.17) is 9.57 Å². The van der Waals surface area contributed by atoms with Crippen molar-refractivity contribution in [3.8, 4) is 0 Å². The summed E-state index contributed by atoms with van der Waals surface area (Å²) in [5.74, 6) is -0.311. The Bertz CT molecular complexity index is 1340. The van der Waals surface area contributed by atoms with Crippen LogP contribution >= 0.6 is 0 Å². The van der Waals surface area contributed by atoms with Crippen LogP contribution in [0.3, 0.4) is 0 Å². The highest BCUT2D eigenvalue weighted by molar-refractivity contribution is 6.76. The number of piperazine rings is 1. The molecule has 1 amide bonds. The molecular formula is C25H34F6N8O4Si. The van der Waals surface area contributed by atoms with E-state index in [0.717, 1.165) is 18.5 Å². The minimum Gasteiger partial charge on any atom is -0.386 e. The number of hydrogen-bond acceptors (Lipinski definition) is 10. The highest BCUT2D eigenvalue weighted by Gasteiger charge is 2.38. The molecule has 1 N–H and O–H groups in total. The van der Waals surface area contributed by atoms with Crippen LogP contribution in [0.2, 0.25) is 25.7 Å². The van der Waals surface area contributed by atoms with Crippen LogP contribution in [-0.2, 0) is 33.5 Å². The van der Waals surface area contributed by atoms with E-state index in [1.165, 1.54) is 11.8 Å². The summed E-state index contributed by atoms with van der Waals surface area (Å²) in [5, 5.41) is 9.95. The first-order valence-electron chi connectivity index (χ1n) is 13.5. The second kappa shape index (κ2) is 14.4. The number of carbonyl (C=O) groups excluding carboxylic acids is 1. The maximum Gasteiger partial charge on any atom is 0.423 e. The van der Waals surface area contributed by atoms with Gasteiger partial charge in [-0.3, -0.25) is 9.59 Å². The van der Waals surface area contributed by atoms with Crippen molar-refractivity contribution in [2.75, 3.05) is 49.6 Å². The standard InChI is InChI=1S/C25H34F6N8O4Si/c1-17(36-19-14-34-39(16-42-9-10-44(2,3)4)22(41)21(19)25(29,30)31)11-35-43-15-20(40)37-5-7-38(8-6-37)23-32-12-18(13-33-23)24(26,27)28/h11-14,17,36H,5-10,15-16H2,1-4H3/b35-11+. The third-order valence-corrected chi connectivity index (χ3v) is 8.05. The minimum atomic E-state index is -4.97. The van der Waals surface area contributed by atoms with Gasteiger partial charge in [0.1, 0.15) is 12.3 Å². The third-order valence-electron chi connectivity index (χ3n) is 6.35. The fourth-order valence-corrected chi connectivity index (χ4v) is 4.64. The van der Waals surface area contributed by atoms with Gasteiger partial charge in [-0.1, -0.05) is 24.8 Å². The largest absolute Gasteiger partial charge is 0.423 e. The van der Waals surface area contributed by atoms with Gasteiger partial charge < -0.3 is 24.7 Å². The molecule has 44 heavy (non-hydrogen) atoms. The molecule has 1 atom stereocenters. The van der Waals surface area contributed by atoms with Gasteiger partial charge >= 0.3 is 12.4 Å². The van der Waals surface area contributed by atoms with E-state index in [-0.39, 0.29) is 32.1 Å². The molecule has 2 aromatic heterocycles. The number of nitrogens with zero attached hydrogens (tertiary/aromatic N) is 7. The van der Waals surface area contributed by atoms with Crippen LogP contribution in [-0.4, -0.2) is 90.3 Å². The van der Waals surface area contributed by atoms with Crippen LogP contribution in [0.1, 0.15) is 18.1 Å². The van der Waals surface area contributed by atoms with Crippen LogP contribution < -0.4 is 15.8 Å². The zero-order valence-corrected chi connectivity index (χ0v) is 25.6. The normalized spacial score (nSPS) is 15.5. The third kappa shape index (κ3) is 10.2. The van der Waals surface area contributed by atoms with Crippen LogP contribution in [0.5, 0.6) is 0 Å². The van der Waals surface area contributed by atoms with Crippen molar-refractivity contribution < 1.29 is 40.7 Å². The second-order valence-electron chi connectivity index (χ2n) is 11.2. The topological polar surface area (TPSA) is 127 Å². The molecule has 1 saturated heterocycles. The zero-order valence-electron chi connectivity index (χ0n) is 24.6. The van der Waals surface area contributed by atoms with E-state index >= 15 is 0 Å². The number of oxime groups is 1. The quantitative estimate of drug-likeness (QED) is 0.121. The number of anilines is 2. The first-order chi connectivity index (χ1) is 20.5. The molecule has 1 aliphatic heterocycles. The summed E-state index contributed by atoms with van der Waals surface area (Å²) in [4.78, 5) is 40.6. The van der Waals surface area contributed by atoms with E-state index in [0.29, 0.717) is 23.7 Å². The maximum absolute atomic E-state index is 13.8. The Hall–Kier alpha value is -3.74. The van der Waals surface area contributed by atoms with Crippen molar-refractivity contribution in [2.45, 2.75) is 57.7 Å². The average Bonchev–Trinajstić information content (AvgIpc) is 2.93. The molecule has 12 nitrogen and oxygen atoms in total. The van der Waals surface area contributed by atoms with Crippen molar-refractivity contribution in [2.24, 2.45) is 5.16 Å². The van der Waals surface area contributed by atoms with E-state index in [1.807, 2.05) is 0 Å². The zero-order chi connectivity index (χ0) is 32.7. The molecule has 0 bridgehead atoms. The van der Waals surface area contributed by atoms with Gasteiger partial charge in [0.15, 0.2) is 6.61 Å². The summed E-state index contributed by atoms with van der Waals surface area (Å²) in [6.07, 6.45) is -6.11. The maximum atomic E-state index is 13.8. The van der Waals surface area contributed by atoms with Crippen molar-refractivity contribution in [3.63, 3.8) is 0 Å². The Morgan fingerprint density at radius 2 is 1.70 bits per heavy atom. The highest BCUT2D eigenvalue weighted by Crippen LogP contribution is 2.32. The smallest absolute Gasteiger partial charge is 0.386 e. The lowest BCUT2D eigenvalue weighted by Crippen LogP contribution is -2.50. The van der Waals surface area contributed by atoms with Crippen LogP contribution in [0.4, 0.5) is 38.0 Å². The SMILES string of the molecule is CC(/C=N/OCC(=O)N1CCN(c2ncc(C(F)(F)F)cn2)CC1)Nc1cnn(COCC[Si](C)(C)C)c(=O)c1C(F)(F)F. The summed E-state index contributed by atoms with van der Waals surface area (Å²) < 4.78 is 85.4. The lowest BCUT2D eigenvalue weighted by molar-refractivity contribution is -0.139. The van der Waals surface area contributed by atoms with E-state index < -0.39 is 68.1 Å². The number of ether oxygens (including phenoxy) is 1. The first kappa shape index (κ1) is 34.7. The predicted molar refractivity (Wildman–Crippen MR) is 151 cm³/mol. The number of aromatic nitrogens is 4. The summed E-state index contributed by atoms with van der Waals surface area (Å²) in [6.45, 7) is 8.26. The summed E-state index contributed by atoms with van der Waals surface area (Å²) in [6, 6.07) is -0.0702. The number of hydrogen-bond donors (Lipinski definition) is 1. The van der Waals surface area contributed by atoms with Crippen LogP contribution in [0.25, 0.3) is 0 Å². The molecule has 0 saturated carbocycles. The van der Waals surface area contributed by atoms with Crippen LogP contribution in [0.15, 0.2) is 28.5 Å². The molecule has 2 aromatic rings. The molecule has 1 unspecified atom stereocenters. The molecule has 0 aromatic carbocycles. The van der Waals surface area contributed by atoms with Gasteiger partial charge in [0.25, 0.3) is 11.5 Å². The number of halogens is 6. The molecule has 3 rings (SSSR count). The molecule has 1 aliphatic rings. The Morgan fingerprint density at radius 3 is 2.27 bits per heavy atom. The van der Waals surface area contributed by atoms with Gasteiger partial charge in [-0.05, 0) is 13.0 Å². The lowest BCUT2D eigenvalue weighted by atomic mass is 10.2. The van der Waals surface area contributed by atoms with Crippen molar-refractivity contribution in [1.82, 2.24) is 24.6 Å². The van der Waals surface area contributed by atoms with E-state index in [9.17, 15) is 35.9 Å². The molecule has 0 spiro atoms. The molecule has 1 fully saturated rings. The van der Waals surface area contributed by atoms with Gasteiger partial charge in [0, 0.05) is 53.3 Å². The number of amides is 1. The fraction of sp³-hybridized carbons (Fsp3) is 0.600. The Kier molecular flexibility index (Phi) is 11.3. The van der Waals surface area contributed by atoms with Crippen LogP contribution in [0, 0.1) is 0 Å². The number of alkyl halides is 6. The molecule has 19 heteroatoms. The Labute approximate surface area is 250 Å². The van der Waals surface area contributed by atoms with Crippen molar-refractivity contribution >= 4 is 31.8 Å². The highest BCUT2D eigenvalue weighted by atomic mass is 28.3. The molecule has 244 valence electrons. The summed E-state index contributed by atoms with van der Waals surface area (Å²) in [7, 11) is -1.43. The Balaban J connectivity index is 1.48. The van der Waals surface area contributed by atoms with E-state index in [1.54, 1.807) is 4.90 Å². The van der Waals surface area contributed by atoms with Gasteiger partial charge in [0.2, 0.25) is 5.95 Å². The first-order valence-corrected chi connectivity index (χ1v) is 17.3. The second-order valence-corrected chi connectivity index (χ2v) is 16.8. The average molecular weight is 653 g/mol. The number of nitrogens with one attached hydrogen (secondary N) is 1. The van der Waals surface area contributed by atoms with Gasteiger partial charge in [-0.25, -0.2) is 14.6 Å². The van der Waals surface area contributed by atoms with Gasteiger partial charge in [-0.15, -0.1) is 0 Å².